The van der Waals surface area contributed by atoms with Gasteiger partial charge in [0.05, 0.1) is 20.3 Å². The predicted molar refractivity (Wildman–Crippen MR) is 140 cm³/mol. The van der Waals surface area contributed by atoms with Crippen molar-refractivity contribution in [3.63, 3.8) is 0 Å². The van der Waals surface area contributed by atoms with Gasteiger partial charge in [-0.25, -0.2) is 0 Å². The van der Waals surface area contributed by atoms with E-state index in [-0.39, 0.29) is 28.4 Å². The lowest BCUT2D eigenvalue weighted by atomic mass is 9.98. The molecule has 16 nitrogen and oxygen atoms in total. The van der Waals surface area contributed by atoms with Crippen LogP contribution in [0.15, 0.2) is 39.5 Å². The molecule has 234 valence electrons. The van der Waals surface area contributed by atoms with Crippen molar-refractivity contribution in [1.82, 2.24) is 0 Å². The molecule has 16 heteroatoms. The molecule has 2 saturated heterocycles. The maximum atomic E-state index is 13.6. The van der Waals surface area contributed by atoms with E-state index in [1.165, 1.54) is 25.3 Å². The Morgan fingerprint density at radius 2 is 1.63 bits per heavy atom. The minimum atomic E-state index is -1.96. The molecule has 5 rings (SSSR count). The number of fused-ring (bicyclic) bond motifs is 1. The molecule has 2 aromatic carbocycles. The van der Waals surface area contributed by atoms with Crippen LogP contribution in [0.2, 0.25) is 0 Å². The molecule has 0 amide bonds. The summed E-state index contributed by atoms with van der Waals surface area (Å²) in [5, 5.41) is 91.6. The van der Waals surface area contributed by atoms with Gasteiger partial charge in [-0.05, 0) is 18.2 Å². The molecular weight excluding hydrogens is 580 g/mol. The maximum Gasteiger partial charge on any atom is 0.239 e. The number of phenols is 3. The van der Waals surface area contributed by atoms with Crippen LogP contribution in [0.5, 0.6) is 28.7 Å². The molecule has 0 bridgehead atoms. The average Bonchev–Trinajstić information content (AvgIpc) is 2.97. The second-order valence-corrected chi connectivity index (χ2v) is 9.99. The number of aliphatic hydroxyl groups is 6. The maximum absolute atomic E-state index is 13.6. The van der Waals surface area contributed by atoms with Crippen molar-refractivity contribution in [2.45, 2.75) is 55.3 Å². The second-order valence-electron chi connectivity index (χ2n) is 9.99. The number of ether oxygens (including phenoxy) is 5. The van der Waals surface area contributed by atoms with Crippen molar-refractivity contribution in [2.75, 3.05) is 20.3 Å². The minimum Gasteiger partial charge on any atom is -0.508 e. The molecule has 43 heavy (non-hydrogen) atoms. The molecule has 2 aliphatic heterocycles. The highest BCUT2D eigenvalue weighted by atomic mass is 16.7. The van der Waals surface area contributed by atoms with Crippen LogP contribution in [0, 0.1) is 0 Å². The fourth-order valence-corrected chi connectivity index (χ4v) is 4.87. The molecule has 0 saturated carbocycles. The summed E-state index contributed by atoms with van der Waals surface area (Å²) >= 11 is 0. The van der Waals surface area contributed by atoms with Crippen LogP contribution < -0.4 is 14.9 Å². The summed E-state index contributed by atoms with van der Waals surface area (Å²) in [7, 11) is 1.28. The first-order valence-corrected chi connectivity index (χ1v) is 13.0. The van der Waals surface area contributed by atoms with E-state index in [0.717, 1.165) is 12.1 Å². The average molecular weight is 611 g/mol. The first kappa shape index (κ1) is 30.7. The van der Waals surface area contributed by atoms with Crippen LogP contribution >= 0.6 is 0 Å². The zero-order chi connectivity index (χ0) is 31.2. The summed E-state index contributed by atoms with van der Waals surface area (Å²) in [5.41, 5.74) is -1.11. The van der Waals surface area contributed by atoms with Crippen molar-refractivity contribution < 1.29 is 74.1 Å². The highest BCUT2D eigenvalue weighted by Gasteiger charge is 2.50. The lowest BCUT2D eigenvalue weighted by molar-refractivity contribution is -0.339. The summed E-state index contributed by atoms with van der Waals surface area (Å²) in [5.74, 6) is -2.27. The van der Waals surface area contributed by atoms with E-state index in [1.807, 2.05) is 0 Å². The Morgan fingerprint density at radius 3 is 2.33 bits per heavy atom. The van der Waals surface area contributed by atoms with Gasteiger partial charge in [-0.2, -0.15) is 0 Å². The zero-order valence-corrected chi connectivity index (χ0v) is 22.4. The molecule has 3 aromatic rings. The SMILES string of the molecule is COc1cc(-c2oc3cc(O)cc(O)c3c(=O)c2O[C@@H]2O[C@H](CO)[C@@H](OC3OC[C@H](O)[C@H](O)[C@H]3O)[C@H](O)[C@H]2O)ccc1O. The van der Waals surface area contributed by atoms with Gasteiger partial charge in [0.1, 0.15) is 65.2 Å². The standard InChI is InChI=1S/C27H30O16/c1-38-14-4-9(2-3-11(14)30)23-25(19(34)17-12(31)5-10(29)6-15(17)40-23)43-27-22(37)20(35)24(16(7-28)41-27)42-26-21(36)18(33)13(32)8-39-26/h2-6,13,16,18,20-22,24,26-33,35-37H,7-8H2,1H3/t13-,16+,18-,20+,21+,22+,24+,26?,27-/m0/s1. The number of hydrogen-bond acceptors (Lipinski definition) is 16. The molecule has 0 radical (unpaired) electrons. The van der Waals surface area contributed by atoms with E-state index in [2.05, 4.69) is 0 Å². The van der Waals surface area contributed by atoms with Gasteiger partial charge in [0.2, 0.25) is 17.5 Å². The molecule has 1 aromatic heterocycles. The third kappa shape index (κ3) is 5.67. The topological polar surface area (TPSA) is 258 Å². The highest BCUT2D eigenvalue weighted by molar-refractivity contribution is 5.88. The normalized spacial score (nSPS) is 31.2. The van der Waals surface area contributed by atoms with Gasteiger partial charge in [-0.15, -0.1) is 0 Å². The largest absolute Gasteiger partial charge is 0.508 e. The van der Waals surface area contributed by atoms with E-state index >= 15 is 0 Å². The molecule has 0 aliphatic carbocycles. The van der Waals surface area contributed by atoms with E-state index < -0.39 is 96.6 Å². The second kappa shape index (κ2) is 12.1. The summed E-state index contributed by atoms with van der Waals surface area (Å²) in [6.45, 7) is -1.24. The number of rotatable bonds is 7. The van der Waals surface area contributed by atoms with Crippen LogP contribution in [-0.2, 0) is 14.2 Å². The van der Waals surface area contributed by atoms with Crippen molar-refractivity contribution in [1.29, 1.82) is 0 Å². The number of hydrogen-bond donors (Lipinski definition) is 9. The lowest BCUT2D eigenvalue weighted by Crippen LogP contribution is -2.63. The fourth-order valence-electron chi connectivity index (χ4n) is 4.87. The Morgan fingerprint density at radius 1 is 0.907 bits per heavy atom. The van der Waals surface area contributed by atoms with E-state index in [9.17, 15) is 50.8 Å². The monoisotopic (exact) mass is 610 g/mol. The third-order valence-corrected chi connectivity index (χ3v) is 7.16. The van der Waals surface area contributed by atoms with E-state index in [0.29, 0.717) is 0 Å². The summed E-state index contributed by atoms with van der Waals surface area (Å²) in [6, 6.07) is 5.83. The predicted octanol–water partition coefficient (Wildman–Crippen LogP) is -1.77. The Kier molecular flexibility index (Phi) is 8.66. The van der Waals surface area contributed by atoms with Gasteiger partial charge in [0.25, 0.3) is 0 Å². The summed E-state index contributed by atoms with van der Waals surface area (Å²) in [6.07, 6.45) is -15.1. The van der Waals surface area contributed by atoms with Gasteiger partial charge in [0.15, 0.2) is 23.5 Å². The van der Waals surface area contributed by atoms with Crippen molar-refractivity contribution in [3.05, 3.63) is 40.6 Å². The van der Waals surface area contributed by atoms with Gasteiger partial charge in [-0.1, -0.05) is 0 Å². The quantitative estimate of drug-likeness (QED) is 0.143. The minimum absolute atomic E-state index is 0.0144. The Bertz CT molecular complexity index is 1520. The van der Waals surface area contributed by atoms with Crippen LogP contribution in [0.1, 0.15) is 0 Å². The van der Waals surface area contributed by atoms with Gasteiger partial charge < -0.3 is 74.1 Å². The molecular formula is C27H30O16. The number of phenolic OH excluding ortho intramolecular Hbond substituents is 3. The van der Waals surface area contributed by atoms with E-state index in [1.54, 1.807) is 0 Å². The van der Waals surface area contributed by atoms with Crippen molar-refractivity contribution in [3.8, 4) is 40.1 Å². The smallest absolute Gasteiger partial charge is 0.239 e. The number of methoxy groups -OCH3 is 1. The number of aliphatic hydroxyl groups excluding tert-OH is 6. The molecule has 9 N–H and O–H groups in total. The third-order valence-electron chi connectivity index (χ3n) is 7.16. The van der Waals surface area contributed by atoms with E-state index in [4.69, 9.17) is 28.1 Å². The first-order valence-electron chi connectivity index (χ1n) is 13.0. The van der Waals surface area contributed by atoms with Gasteiger partial charge in [-0.3, -0.25) is 4.79 Å². The number of benzene rings is 2. The lowest BCUT2D eigenvalue weighted by Gasteiger charge is -2.44. The molecule has 2 aliphatic rings. The Balaban J connectivity index is 1.51. The molecule has 9 atom stereocenters. The summed E-state index contributed by atoms with van der Waals surface area (Å²) in [4.78, 5) is 13.6. The Hall–Kier alpha value is -3.71. The molecule has 2 fully saturated rings. The van der Waals surface area contributed by atoms with Crippen LogP contribution in [-0.4, -0.2) is 122 Å². The van der Waals surface area contributed by atoms with Crippen molar-refractivity contribution >= 4 is 11.0 Å². The van der Waals surface area contributed by atoms with Crippen molar-refractivity contribution in [2.24, 2.45) is 0 Å². The molecule has 1 unspecified atom stereocenters. The molecule has 0 spiro atoms. The van der Waals surface area contributed by atoms with Crippen LogP contribution in [0.3, 0.4) is 0 Å². The highest BCUT2D eigenvalue weighted by Crippen LogP contribution is 2.40. The summed E-state index contributed by atoms with van der Waals surface area (Å²) < 4.78 is 33.0. The number of aromatic hydroxyl groups is 3. The first-order chi connectivity index (χ1) is 20.4. The van der Waals surface area contributed by atoms with Gasteiger partial charge in [0, 0.05) is 17.7 Å². The fraction of sp³-hybridized carbons (Fsp3) is 0.444. The zero-order valence-electron chi connectivity index (χ0n) is 22.4. The van der Waals surface area contributed by atoms with Crippen LogP contribution in [0.4, 0.5) is 0 Å². The van der Waals surface area contributed by atoms with Crippen LogP contribution in [0.25, 0.3) is 22.3 Å². The molecule has 3 heterocycles. The Labute approximate surface area is 241 Å². The van der Waals surface area contributed by atoms with Gasteiger partial charge >= 0.3 is 0 Å².